The molecule has 0 heterocycles. The minimum absolute atomic E-state index is 0.217. The van der Waals surface area contributed by atoms with Gasteiger partial charge in [0, 0.05) is 0 Å². The SMILES string of the molecule is C[Si](C)O[Si]([Si])(O[Si])[Si](OCO[Si])[Si](C)C. The average Bonchev–Trinajstić information content (AvgIpc) is 2.16. The lowest BCUT2D eigenvalue weighted by Crippen LogP contribution is -2.66. The highest BCUT2D eigenvalue weighted by Crippen LogP contribution is 2.12. The quantitative estimate of drug-likeness (QED) is 0.440. The first-order valence-electron chi connectivity index (χ1n) is 4.55. The van der Waals surface area contributed by atoms with Crippen molar-refractivity contribution in [3.63, 3.8) is 0 Å². The Morgan fingerprint density at radius 2 is 1.69 bits per heavy atom. The first-order valence-corrected chi connectivity index (χ1v) is 17.0. The average molecular weight is 335 g/mol. The van der Waals surface area contributed by atoms with E-state index in [0.717, 1.165) is 0 Å². The largest absolute Gasteiger partial charge is 0.441 e. The van der Waals surface area contributed by atoms with Gasteiger partial charge in [0.2, 0.25) is 29.0 Å². The molecule has 0 aliphatic carbocycles. The third kappa shape index (κ3) is 5.80. The van der Waals surface area contributed by atoms with Crippen molar-refractivity contribution in [2.24, 2.45) is 0 Å². The van der Waals surface area contributed by atoms with Gasteiger partial charge in [-0.3, -0.25) is 0 Å². The maximum Gasteiger partial charge on any atom is 0.295 e. The van der Waals surface area contributed by atoms with Gasteiger partial charge in [-0.05, 0) is 13.1 Å². The molecule has 12 radical (unpaired) electrons. The van der Waals surface area contributed by atoms with Gasteiger partial charge >= 0.3 is 0 Å². The predicted molar refractivity (Wildman–Crippen MR) is 72.9 cm³/mol. The maximum absolute atomic E-state index is 5.97. The van der Waals surface area contributed by atoms with Gasteiger partial charge in [-0.15, -0.1) is 0 Å². The van der Waals surface area contributed by atoms with Gasteiger partial charge in [0.15, 0.2) is 9.04 Å². The molecule has 0 aliphatic heterocycles. The van der Waals surface area contributed by atoms with Crippen LogP contribution in [0.3, 0.4) is 0 Å². The highest BCUT2D eigenvalue weighted by molar-refractivity contribution is 7.62. The molecule has 0 saturated carbocycles. The highest BCUT2D eigenvalue weighted by atomic mass is 29.8. The van der Waals surface area contributed by atoms with Crippen LogP contribution < -0.4 is 0 Å². The summed E-state index contributed by atoms with van der Waals surface area (Å²) in [7, 11) is 4.66. The van der Waals surface area contributed by atoms with Crippen LogP contribution in [-0.2, 0) is 17.1 Å². The smallest absolute Gasteiger partial charge is 0.295 e. The molecule has 0 bridgehead atoms. The van der Waals surface area contributed by atoms with Crippen molar-refractivity contribution < 1.29 is 17.1 Å². The summed E-state index contributed by atoms with van der Waals surface area (Å²) in [5.74, 6) is 0. The minimum Gasteiger partial charge on any atom is -0.441 e. The normalized spacial score (nSPS) is 16.1. The fourth-order valence-corrected chi connectivity index (χ4v) is 31.3. The fraction of sp³-hybridized carbons (Fsp3) is 1.00. The standard InChI is InChI=1S/C5H14O4Si7/c1-13(2)9-16(12,8-11)15(14(3)4)7-5-6-10/h5H2,1-4H3. The molecule has 4 nitrogen and oxygen atoms in total. The molecule has 1 unspecified atom stereocenters. The lowest BCUT2D eigenvalue weighted by molar-refractivity contribution is 0.134. The van der Waals surface area contributed by atoms with Gasteiger partial charge in [-0.2, -0.15) is 0 Å². The third-order valence-corrected chi connectivity index (χ3v) is 28.3. The minimum atomic E-state index is -2.43. The second-order valence-electron chi connectivity index (χ2n) is 3.46. The van der Waals surface area contributed by atoms with Crippen molar-refractivity contribution >= 4 is 63.8 Å². The summed E-state index contributed by atoms with van der Waals surface area (Å²) >= 11 is 0. The van der Waals surface area contributed by atoms with Gasteiger partial charge < -0.3 is 17.1 Å². The summed E-state index contributed by atoms with van der Waals surface area (Å²) < 4.78 is 21.9. The van der Waals surface area contributed by atoms with Crippen LogP contribution in [0.25, 0.3) is 0 Å². The summed E-state index contributed by atoms with van der Waals surface area (Å²) in [6.45, 7) is 8.77. The van der Waals surface area contributed by atoms with Crippen molar-refractivity contribution in [1.29, 1.82) is 0 Å². The summed E-state index contributed by atoms with van der Waals surface area (Å²) in [6, 6.07) is 0. The van der Waals surface area contributed by atoms with Crippen molar-refractivity contribution in [1.82, 2.24) is 0 Å². The zero-order chi connectivity index (χ0) is 12.8. The molecular formula is C5H14O4Si7. The lowest BCUT2D eigenvalue weighted by Gasteiger charge is -2.35. The monoisotopic (exact) mass is 334 g/mol. The predicted octanol–water partition coefficient (Wildman–Crippen LogP) is -0.561. The lowest BCUT2D eigenvalue weighted by atomic mass is 11.6. The van der Waals surface area contributed by atoms with Crippen LogP contribution in [-0.4, -0.2) is 70.6 Å². The Labute approximate surface area is 114 Å². The van der Waals surface area contributed by atoms with Gasteiger partial charge in [-0.25, -0.2) is 0 Å². The molecule has 0 amide bonds. The van der Waals surface area contributed by atoms with Crippen LogP contribution in [0.1, 0.15) is 0 Å². The molecule has 11 heteroatoms. The van der Waals surface area contributed by atoms with Crippen molar-refractivity contribution in [3.8, 4) is 0 Å². The van der Waals surface area contributed by atoms with E-state index in [1.54, 1.807) is 0 Å². The van der Waals surface area contributed by atoms with Gasteiger partial charge in [0.05, 0.1) is 18.1 Å². The third-order valence-electron chi connectivity index (χ3n) is 1.51. The molecule has 0 fully saturated rings. The molecule has 0 aromatic heterocycles. The Bertz CT molecular complexity index is 194. The van der Waals surface area contributed by atoms with E-state index in [9.17, 15) is 0 Å². The molecule has 0 aromatic rings. The Morgan fingerprint density at radius 1 is 1.12 bits per heavy atom. The summed E-state index contributed by atoms with van der Waals surface area (Å²) in [6.07, 6.45) is 0. The van der Waals surface area contributed by atoms with E-state index in [1.807, 2.05) is 0 Å². The number of rotatable bonds is 8. The summed E-state index contributed by atoms with van der Waals surface area (Å²) in [5, 5.41) is 0. The Balaban J connectivity index is 4.67. The fourth-order valence-electron chi connectivity index (χ4n) is 1.06. The van der Waals surface area contributed by atoms with Crippen LogP contribution in [0.15, 0.2) is 0 Å². The summed E-state index contributed by atoms with van der Waals surface area (Å²) in [4.78, 5) is 0. The molecule has 16 heavy (non-hydrogen) atoms. The molecule has 0 spiro atoms. The Kier molecular flexibility index (Phi) is 9.18. The topological polar surface area (TPSA) is 36.9 Å². The maximum atomic E-state index is 5.97. The van der Waals surface area contributed by atoms with Crippen molar-refractivity contribution in [3.05, 3.63) is 0 Å². The zero-order valence-electron chi connectivity index (χ0n) is 9.84. The van der Waals surface area contributed by atoms with Crippen molar-refractivity contribution in [2.45, 2.75) is 26.2 Å². The van der Waals surface area contributed by atoms with Gasteiger partial charge in [0.25, 0.3) is 7.60 Å². The highest BCUT2D eigenvalue weighted by Gasteiger charge is 2.46. The Hall–Kier alpha value is 1.36. The van der Waals surface area contributed by atoms with Crippen LogP contribution >= 0.6 is 0 Å². The zero-order valence-corrected chi connectivity index (χ0v) is 16.8. The van der Waals surface area contributed by atoms with Crippen LogP contribution in [0.4, 0.5) is 0 Å². The van der Waals surface area contributed by atoms with Crippen LogP contribution in [0, 0.1) is 0 Å². The van der Waals surface area contributed by atoms with E-state index in [0.29, 0.717) is 0 Å². The van der Waals surface area contributed by atoms with E-state index in [-0.39, 0.29) is 6.79 Å². The molecule has 86 valence electrons. The van der Waals surface area contributed by atoms with E-state index >= 15 is 0 Å². The number of hydrogen-bond donors (Lipinski definition) is 0. The molecule has 0 aromatic carbocycles. The van der Waals surface area contributed by atoms with E-state index in [1.165, 1.54) is 0 Å². The van der Waals surface area contributed by atoms with E-state index in [4.69, 9.17) is 17.1 Å². The molecule has 0 saturated heterocycles. The second kappa shape index (κ2) is 8.46. The van der Waals surface area contributed by atoms with Gasteiger partial charge in [-0.1, -0.05) is 13.1 Å². The molecular weight excluding hydrogens is 321 g/mol. The van der Waals surface area contributed by atoms with Crippen LogP contribution in [0.2, 0.25) is 26.2 Å². The molecule has 1 atom stereocenters. The van der Waals surface area contributed by atoms with Crippen molar-refractivity contribution in [2.75, 3.05) is 6.79 Å². The van der Waals surface area contributed by atoms with Crippen LogP contribution in [0.5, 0.6) is 0 Å². The molecule has 0 aliphatic rings. The van der Waals surface area contributed by atoms with E-state index in [2.05, 4.69) is 56.9 Å². The molecule has 0 N–H and O–H groups in total. The Morgan fingerprint density at radius 3 is 2.00 bits per heavy atom. The summed E-state index contributed by atoms with van der Waals surface area (Å²) in [5.41, 5.74) is 0. The van der Waals surface area contributed by atoms with E-state index < -0.39 is 33.0 Å². The molecule has 0 rings (SSSR count). The number of hydrogen-bond acceptors (Lipinski definition) is 4. The second-order valence-corrected chi connectivity index (χ2v) is 24.1. The first kappa shape index (κ1) is 17.4. The first-order chi connectivity index (χ1) is 7.37. The van der Waals surface area contributed by atoms with Gasteiger partial charge in [0.1, 0.15) is 6.79 Å².